The zero-order chi connectivity index (χ0) is 24.5. The van der Waals surface area contributed by atoms with Gasteiger partial charge in [0.25, 0.3) is 0 Å². The van der Waals surface area contributed by atoms with Crippen LogP contribution in [0.15, 0.2) is 65.9 Å². The Balaban J connectivity index is 1.36. The molecule has 1 aromatic heterocycles. The van der Waals surface area contributed by atoms with E-state index in [0.717, 1.165) is 39.9 Å². The first-order valence-electron chi connectivity index (χ1n) is 11.5. The summed E-state index contributed by atoms with van der Waals surface area (Å²) in [5.41, 5.74) is 5.07. The Bertz CT molecular complexity index is 1300. The van der Waals surface area contributed by atoms with Gasteiger partial charge in [0, 0.05) is 24.2 Å². The molecule has 35 heavy (non-hydrogen) atoms. The van der Waals surface area contributed by atoms with Gasteiger partial charge in [0.05, 0.1) is 38.0 Å². The Kier molecular flexibility index (Phi) is 6.08. The maximum Gasteiger partial charge on any atom is 0.202 e. The summed E-state index contributed by atoms with van der Waals surface area (Å²) >= 11 is 0. The van der Waals surface area contributed by atoms with Crippen molar-refractivity contribution in [3.63, 3.8) is 0 Å². The highest BCUT2D eigenvalue weighted by Crippen LogP contribution is 2.35. The van der Waals surface area contributed by atoms with Gasteiger partial charge in [0.2, 0.25) is 5.96 Å². The van der Waals surface area contributed by atoms with Crippen LogP contribution in [-0.2, 0) is 4.74 Å². The van der Waals surface area contributed by atoms with E-state index < -0.39 is 0 Å². The van der Waals surface area contributed by atoms with E-state index in [-0.39, 0.29) is 12.2 Å². The molecule has 2 aromatic carbocycles. The van der Waals surface area contributed by atoms with Crippen molar-refractivity contribution in [1.82, 2.24) is 19.8 Å². The van der Waals surface area contributed by atoms with Crippen LogP contribution >= 0.6 is 0 Å². The van der Waals surface area contributed by atoms with Crippen molar-refractivity contribution in [2.75, 3.05) is 33.2 Å². The van der Waals surface area contributed by atoms with Crippen LogP contribution in [0.5, 0.6) is 11.5 Å². The quantitative estimate of drug-likeness (QED) is 0.583. The van der Waals surface area contributed by atoms with Crippen LogP contribution in [0.3, 0.4) is 0 Å². The van der Waals surface area contributed by atoms with Crippen LogP contribution in [-0.4, -0.2) is 54.5 Å². The van der Waals surface area contributed by atoms with Gasteiger partial charge >= 0.3 is 0 Å². The average molecular weight is 475 g/mol. The zero-order valence-corrected chi connectivity index (χ0v) is 20.6. The minimum absolute atomic E-state index is 0.0733. The third kappa shape index (κ3) is 4.42. The molecule has 3 aromatic rings. The molecule has 0 amide bonds. The SMILES string of the molecule is COc1ccc(C2COC3=CNC(Nc4ccc(-n5cnc(C)c5)c(OC)c4)=NC3N2C)c(C)c1. The number of anilines is 1. The van der Waals surface area contributed by atoms with E-state index in [1.165, 1.54) is 5.56 Å². The molecule has 0 saturated carbocycles. The standard InChI is InChI=1S/C26H30N6O3/c1-16-10-19(33-4)7-8-20(16)22-14-35-24-12-27-26(30-25(24)31(22)3)29-18-6-9-21(23(11-18)34-5)32-13-17(2)28-15-32/h6-13,15,22,25H,14H2,1-5H3,(H2,27,29,30). The Labute approximate surface area is 205 Å². The first-order chi connectivity index (χ1) is 17.0. The Morgan fingerprint density at radius 2 is 1.97 bits per heavy atom. The number of hydrogen-bond donors (Lipinski definition) is 2. The molecule has 2 unspecified atom stereocenters. The van der Waals surface area contributed by atoms with Gasteiger partial charge in [-0.2, -0.15) is 0 Å². The molecule has 0 aliphatic carbocycles. The predicted molar refractivity (Wildman–Crippen MR) is 135 cm³/mol. The summed E-state index contributed by atoms with van der Waals surface area (Å²) in [6, 6.07) is 12.1. The lowest BCUT2D eigenvalue weighted by molar-refractivity contribution is 0.0152. The first-order valence-corrected chi connectivity index (χ1v) is 11.5. The summed E-state index contributed by atoms with van der Waals surface area (Å²) in [5, 5.41) is 6.57. The van der Waals surface area contributed by atoms with E-state index in [2.05, 4.69) is 46.6 Å². The van der Waals surface area contributed by atoms with Crippen molar-refractivity contribution in [3.8, 4) is 17.2 Å². The highest BCUT2D eigenvalue weighted by molar-refractivity contribution is 5.95. The number of nitrogens with zero attached hydrogens (tertiary/aromatic N) is 4. The molecule has 3 heterocycles. The van der Waals surface area contributed by atoms with Gasteiger partial charge < -0.3 is 29.4 Å². The van der Waals surface area contributed by atoms with Crippen molar-refractivity contribution in [3.05, 3.63) is 77.7 Å². The highest BCUT2D eigenvalue weighted by atomic mass is 16.5. The van der Waals surface area contributed by atoms with Gasteiger partial charge in [-0.05, 0) is 56.3 Å². The number of methoxy groups -OCH3 is 2. The molecule has 182 valence electrons. The fraction of sp³-hybridized carbons (Fsp3) is 0.308. The number of benzene rings is 2. The first kappa shape index (κ1) is 22.8. The fourth-order valence-corrected chi connectivity index (χ4v) is 4.49. The fourth-order valence-electron chi connectivity index (χ4n) is 4.49. The topological polar surface area (TPSA) is 85.2 Å². The largest absolute Gasteiger partial charge is 0.497 e. The van der Waals surface area contributed by atoms with Crippen LogP contribution in [0.1, 0.15) is 22.9 Å². The monoisotopic (exact) mass is 474 g/mol. The minimum atomic E-state index is -0.242. The molecule has 2 atom stereocenters. The molecule has 0 bridgehead atoms. The summed E-state index contributed by atoms with van der Waals surface area (Å²) in [5.74, 6) is 3.01. The average Bonchev–Trinajstić information content (AvgIpc) is 3.30. The molecular formula is C26H30N6O3. The van der Waals surface area contributed by atoms with Crippen LogP contribution in [0.4, 0.5) is 5.69 Å². The molecule has 1 saturated heterocycles. The lowest BCUT2D eigenvalue weighted by atomic mass is 9.98. The lowest BCUT2D eigenvalue weighted by Crippen LogP contribution is -2.47. The number of likely N-dealkylation sites (N-methyl/N-ethyl adjacent to an activating group) is 1. The van der Waals surface area contributed by atoms with Crippen molar-refractivity contribution in [2.24, 2.45) is 4.99 Å². The number of guanidine groups is 1. The minimum Gasteiger partial charge on any atom is -0.497 e. The third-order valence-corrected chi connectivity index (χ3v) is 6.41. The van der Waals surface area contributed by atoms with Crippen LogP contribution < -0.4 is 20.1 Å². The number of aliphatic imine (C=N–C) groups is 1. The molecule has 2 aliphatic rings. The van der Waals surface area contributed by atoms with Crippen LogP contribution in [0.2, 0.25) is 0 Å². The van der Waals surface area contributed by atoms with Crippen molar-refractivity contribution < 1.29 is 14.2 Å². The molecule has 0 radical (unpaired) electrons. The predicted octanol–water partition coefficient (Wildman–Crippen LogP) is 3.75. The highest BCUT2D eigenvalue weighted by Gasteiger charge is 2.36. The maximum atomic E-state index is 6.09. The second-order valence-corrected chi connectivity index (χ2v) is 8.69. The van der Waals surface area contributed by atoms with Crippen LogP contribution in [0, 0.1) is 13.8 Å². The summed E-state index contributed by atoms with van der Waals surface area (Å²) in [7, 11) is 5.42. The molecule has 5 rings (SSSR count). The van der Waals surface area contributed by atoms with Crippen molar-refractivity contribution in [1.29, 1.82) is 0 Å². The van der Waals surface area contributed by atoms with E-state index >= 15 is 0 Å². The number of nitrogens with one attached hydrogen (secondary N) is 2. The number of imidazole rings is 1. The summed E-state index contributed by atoms with van der Waals surface area (Å²) in [4.78, 5) is 11.4. The zero-order valence-electron chi connectivity index (χ0n) is 20.6. The number of aryl methyl sites for hydroxylation is 2. The second-order valence-electron chi connectivity index (χ2n) is 8.69. The third-order valence-electron chi connectivity index (χ3n) is 6.41. The van der Waals surface area contributed by atoms with Gasteiger partial charge in [-0.1, -0.05) is 6.07 Å². The Morgan fingerprint density at radius 3 is 2.69 bits per heavy atom. The van der Waals surface area contributed by atoms with Gasteiger partial charge in [-0.25, -0.2) is 9.98 Å². The van der Waals surface area contributed by atoms with Crippen molar-refractivity contribution >= 4 is 11.6 Å². The van der Waals surface area contributed by atoms with Gasteiger partial charge in [0.15, 0.2) is 11.9 Å². The molecule has 0 spiro atoms. The summed E-state index contributed by atoms with van der Waals surface area (Å²) in [6.45, 7) is 4.61. The van der Waals surface area contributed by atoms with Gasteiger partial charge in [0.1, 0.15) is 18.1 Å². The van der Waals surface area contributed by atoms with E-state index in [4.69, 9.17) is 19.2 Å². The van der Waals surface area contributed by atoms with E-state index in [1.807, 2.05) is 48.2 Å². The van der Waals surface area contributed by atoms with Gasteiger partial charge in [-0.15, -0.1) is 0 Å². The Hall–Kier alpha value is -3.98. The normalized spacial score (nSPS) is 19.6. The number of fused-ring (bicyclic) bond motifs is 1. The molecule has 2 N–H and O–H groups in total. The number of aromatic nitrogens is 2. The molecule has 2 aliphatic heterocycles. The Morgan fingerprint density at radius 1 is 1.11 bits per heavy atom. The van der Waals surface area contributed by atoms with E-state index in [1.54, 1.807) is 20.5 Å². The number of hydrogen-bond acceptors (Lipinski definition) is 8. The molecule has 1 fully saturated rings. The lowest BCUT2D eigenvalue weighted by Gasteiger charge is -2.41. The van der Waals surface area contributed by atoms with Crippen molar-refractivity contribution in [2.45, 2.75) is 26.1 Å². The molecular weight excluding hydrogens is 444 g/mol. The maximum absolute atomic E-state index is 6.09. The number of rotatable bonds is 5. The van der Waals surface area contributed by atoms with Gasteiger partial charge in [-0.3, -0.25) is 4.90 Å². The second kappa shape index (κ2) is 9.34. The summed E-state index contributed by atoms with van der Waals surface area (Å²) in [6.07, 6.45) is 5.37. The van der Waals surface area contributed by atoms with E-state index in [9.17, 15) is 0 Å². The smallest absolute Gasteiger partial charge is 0.202 e. The number of ether oxygens (including phenoxy) is 3. The molecule has 9 heteroatoms. The summed E-state index contributed by atoms with van der Waals surface area (Å²) < 4.78 is 19.0. The number of morpholine rings is 1. The van der Waals surface area contributed by atoms with Crippen LogP contribution in [0.25, 0.3) is 5.69 Å². The van der Waals surface area contributed by atoms with E-state index in [0.29, 0.717) is 12.6 Å². The molecule has 9 nitrogen and oxygen atoms in total.